The molecule has 0 radical (unpaired) electrons. The van der Waals surface area contributed by atoms with Gasteiger partial charge in [0.25, 0.3) is 0 Å². The largest absolute Gasteiger partial charge is 0.448 e. The molecule has 0 bridgehead atoms. The molecule has 0 aliphatic carbocycles. The maximum Gasteiger partial charge on any atom is 0.193 e. The molecule has 1 aromatic rings. The topological polar surface area (TPSA) is 48.4 Å². The van der Waals surface area contributed by atoms with Crippen molar-refractivity contribution in [2.75, 3.05) is 13.2 Å². The van der Waals surface area contributed by atoms with Crippen LogP contribution in [0.4, 0.5) is 0 Å². The average Bonchev–Trinajstić information content (AvgIpc) is 2.65. The predicted octanol–water partition coefficient (Wildman–Crippen LogP) is 2.78. The molecule has 15 heavy (non-hydrogen) atoms. The Bertz CT molecular complexity index is 297. The van der Waals surface area contributed by atoms with Crippen molar-refractivity contribution in [3.05, 3.63) is 23.1 Å². The zero-order valence-corrected chi connectivity index (χ0v) is 9.89. The second kappa shape index (κ2) is 5.75. The number of halogens is 2. The van der Waals surface area contributed by atoms with Crippen molar-refractivity contribution < 1.29 is 9.15 Å². The maximum atomic E-state index is 6.08. The Morgan fingerprint density at radius 2 is 2.00 bits per heavy atom. The Labute approximate surface area is 100 Å². The SMILES string of the molecule is Cl.N[C@@H](c1ccc(Cl)o1)C1CCOCC1. The van der Waals surface area contributed by atoms with Gasteiger partial charge < -0.3 is 14.9 Å². The third kappa shape index (κ3) is 3.11. The molecule has 1 saturated heterocycles. The summed E-state index contributed by atoms with van der Waals surface area (Å²) in [6.45, 7) is 1.60. The van der Waals surface area contributed by atoms with Crippen LogP contribution < -0.4 is 5.73 Å². The number of hydrogen-bond donors (Lipinski definition) is 1. The van der Waals surface area contributed by atoms with Crippen molar-refractivity contribution in [2.24, 2.45) is 11.7 Å². The van der Waals surface area contributed by atoms with Gasteiger partial charge in [0, 0.05) is 13.2 Å². The molecule has 1 aromatic heterocycles. The highest BCUT2D eigenvalue weighted by atomic mass is 35.5. The smallest absolute Gasteiger partial charge is 0.193 e. The van der Waals surface area contributed by atoms with Crippen molar-refractivity contribution in [1.29, 1.82) is 0 Å². The number of furan rings is 1. The molecule has 86 valence electrons. The van der Waals surface area contributed by atoms with E-state index in [0.717, 1.165) is 31.8 Å². The van der Waals surface area contributed by atoms with Crippen molar-refractivity contribution in [3.8, 4) is 0 Å². The average molecular weight is 252 g/mol. The number of ether oxygens (including phenoxy) is 1. The predicted molar refractivity (Wildman–Crippen MR) is 61.4 cm³/mol. The summed E-state index contributed by atoms with van der Waals surface area (Å²) in [6, 6.07) is 3.53. The lowest BCUT2D eigenvalue weighted by molar-refractivity contribution is 0.0560. The Kier molecular flexibility index (Phi) is 4.93. The van der Waals surface area contributed by atoms with E-state index in [1.807, 2.05) is 6.07 Å². The van der Waals surface area contributed by atoms with Crippen LogP contribution in [-0.2, 0) is 4.74 Å². The molecule has 3 nitrogen and oxygen atoms in total. The van der Waals surface area contributed by atoms with Gasteiger partial charge in [0.15, 0.2) is 5.22 Å². The molecule has 2 heterocycles. The summed E-state index contributed by atoms with van der Waals surface area (Å²) < 4.78 is 10.6. The molecule has 0 unspecified atom stereocenters. The van der Waals surface area contributed by atoms with E-state index < -0.39 is 0 Å². The third-order valence-electron chi connectivity index (χ3n) is 2.70. The summed E-state index contributed by atoms with van der Waals surface area (Å²) in [5.74, 6) is 1.23. The van der Waals surface area contributed by atoms with Gasteiger partial charge in [0.1, 0.15) is 5.76 Å². The summed E-state index contributed by atoms with van der Waals surface area (Å²) >= 11 is 5.70. The minimum absolute atomic E-state index is 0. The van der Waals surface area contributed by atoms with Crippen LogP contribution in [0.15, 0.2) is 16.5 Å². The van der Waals surface area contributed by atoms with E-state index in [4.69, 9.17) is 26.5 Å². The van der Waals surface area contributed by atoms with Gasteiger partial charge in [0.05, 0.1) is 6.04 Å². The highest BCUT2D eigenvalue weighted by Crippen LogP contribution is 2.29. The fraction of sp³-hybridized carbons (Fsp3) is 0.600. The Balaban J connectivity index is 0.00000112. The van der Waals surface area contributed by atoms with E-state index >= 15 is 0 Å². The van der Waals surface area contributed by atoms with Crippen LogP contribution in [-0.4, -0.2) is 13.2 Å². The van der Waals surface area contributed by atoms with Crippen LogP contribution in [0.1, 0.15) is 24.6 Å². The van der Waals surface area contributed by atoms with Crippen molar-refractivity contribution in [1.82, 2.24) is 0 Å². The molecule has 0 saturated carbocycles. The van der Waals surface area contributed by atoms with Gasteiger partial charge in [-0.15, -0.1) is 12.4 Å². The highest BCUT2D eigenvalue weighted by molar-refractivity contribution is 6.28. The van der Waals surface area contributed by atoms with Gasteiger partial charge in [-0.1, -0.05) is 0 Å². The zero-order chi connectivity index (χ0) is 9.97. The van der Waals surface area contributed by atoms with E-state index in [1.165, 1.54) is 0 Å². The van der Waals surface area contributed by atoms with E-state index in [-0.39, 0.29) is 18.4 Å². The quantitative estimate of drug-likeness (QED) is 0.880. The van der Waals surface area contributed by atoms with Crippen LogP contribution in [0.25, 0.3) is 0 Å². The summed E-state index contributed by atoms with van der Waals surface area (Å²) in [7, 11) is 0. The van der Waals surface area contributed by atoms with E-state index in [9.17, 15) is 0 Å². The van der Waals surface area contributed by atoms with Crippen molar-refractivity contribution in [3.63, 3.8) is 0 Å². The molecule has 1 fully saturated rings. The highest BCUT2D eigenvalue weighted by Gasteiger charge is 2.24. The zero-order valence-electron chi connectivity index (χ0n) is 8.32. The fourth-order valence-corrected chi connectivity index (χ4v) is 1.97. The van der Waals surface area contributed by atoms with Gasteiger partial charge in [0.2, 0.25) is 0 Å². The number of nitrogens with two attached hydrogens (primary N) is 1. The van der Waals surface area contributed by atoms with Gasteiger partial charge in [-0.3, -0.25) is 0 Å². The van der Waals surface area contributed by atoms with Gasteiger partial charge in [-0.05, 0) is 42.5 Å². The first-order chi connectivity index (χ1) is 6.77. The first-order valence-corrected chi connectivity index (χ1v) is 5.24. The normalized spacial score (nSPS) is 19.6. The second-order valence-corrected chi connectivity index (χ2v) is 3.99. The molecule has 1 aliphatic heterocycles. The standard InChI is InChI=1S/C10H14ClNO2.ClH/c11-9-2-1-8(14-9)10(12)7-3-5-13-6-4-7;/h1-2,7,10H,3-6,12H2;1H/t10-;/m1./s1. The summed E-state index contributed by atoms with van der Waals surface area (Å²) in [6.07, 6.45) is 2.00. The molecule has 5 heteroatoms. The lowest BCUT2D eigenvalue weighted by atomic mass is 9.91. The van der Waals surface area contributed by atoms with E-state index in [2.05, 4.69) is 0 Å². The number of hydrogen-bond acceptors (Lipinski definition) is 3. The fourth-order valence-electron chi connectivity index (χ4n) is 1.81. The number of rotatable bonds is 2. The lowest BCUT2D eigenvalue weighted by Crippen LogP contribution is -2.27. The monoisotopic (exact) mass is 251 g/mol. The Hall–Kier alpha value is -0.220. The van der Waals surface area contributed by atoms with E-state index in [0.29, 0.717) is 11.1 Å². The van der Waals surface area contributed by atoms with Crippen LogP contribution >= 0.6 is 24.0 Å². The Morgan fingerprint density at radius 3 is 2.53 bits per heavy atom. The van der Waals surface area contributed by atoms with Crippen LogP contribution in [0.2, 0.25) is 5.22 Å². The summed E-state index contributed by atoms with van der Waals surface area (Å²) in [5, 5.41) is 0.405. The summed E-state index contributed by atoms with van der Waals surface area (Å²) in [5.41, 5.74) is 6.08. The van der Waals surface area contributed by atoms with Gasteiger partial charge in [-0.25, -0.2) is 0 Å². The maximum absolute atomic E-state index is 6.08. The lowest BCUT2D eigenvalue weighted by Gasteiger charge is -2.26. The molecule has 0 amide bonds. The molecule has 2 N–H and O–H groups in total. The van der Waals surface area contributed by atoms with Gasteiger partial charge >= 0.3 is 0 Å². The first kappa shape index (κ1) is 12.8. The van der Waals surface area contributed by atoms with E-state index in [1.54, 1.807) is 6.07 Å². The molecular weight excluding hydrogens is 237 g/mol. The minimum atomic E-state index is -0.0496. The molecular formula is C10H15Cl2NO2. The molecule has 1 aliphatic rings. The van der Waals surface area contributed by atoms with Crippen LogP contribution in [0.5, 0.6) is 0 Å². The third-order valence-corrected chi connectivity index (χ3v) is 2.90. The molecule has 2 rings (SSSR count). The van der Waals surface area contributed by atoms with Crippen LogP contribution in [0.3, 0.4) is 0 Å². The second-order valence-electron chi connectivity index (χ2n) is 3.62. The molecule has 0 aromatic carbocycles. The molecule has 0 spiro atoms. The summed E-state index contributed by atoms with van der Waals surface area (Å²) in [4.78, 5) is 0. The first-order valence-electron chi connectivity index (χ1n) is 4.86. The van der Waals surface area contributed by atoms with Crippen LogP contribution in [0, 0.1) is 5.92 Å². The van der Waals surface area contributed by atoms with Crippen molar-refractivity contribution in [2.45, 2.75) is 18.9 Å². The minimum Gasteiger partial charge on any atom is -0.448 e. The van der Waals surface area contributed by atoms with Crippen molar-refractivity contribution >= 4 is 24.0 Å². The Morgan fingerprint density at radius 1 is 1.33 bits per heavy atom. The molecule has 1 atom stereocenters. The van der Waals surface area contributed by atoms with Gasteiger partial charge in [-0.2, -0.15) is 0 Å².